The largest absolute Gasteiger partial charge is 0.508 e. The van der Waals surface area contributed by atoms with E-state index in [-0.39, 0.29) is 11.5 Å². The molecule has 4 aromatic carbocycles. The van der Waals surface area contributed by atoms with Gasteiger partial charge in [-0.15, -0.1) is 0 Å². The van der Waals surface area contributed by atoms with Gasteiger partial charge in [0.2, 0.25) is 0 Å². The maximum atomic E-state index is 9.38. The molecule has 3 N–H and O–H groups in total. The predicted octanol–water partition coefficient (Wildman–Crippen LogP) is 7.97. The Morgan fingerprint density at radius 3 is 1.53 bits per heavy atom. The van der Waals surface area contributed by atoms with Gasteiger partial charge in [0, 0.05) is 10.8 Å². The molecule has 4 aromatic rings. The summed E-state index contributed by atoms with van der Waals surface area (Å²) >= 11 is 0. The van der Waals surface area contributed by atoms with E-state index in [0.717, 1.165) is 5.39 Å². The van der Waals surface area contributed by atoms with Crippen molar-refractivity contribution >= 4 is 21.5 Å². The summed E-state index contributed by atoms with van der Waals surface area (Å²) in [4.78, 5) is 0. The third kappa shape index (κ3) is 6.41. The maximum absolute atomic E-state index is 9.38. The van der Waals surface area contributed by atoms with Crippen LogP contribution in [0, 0.1) is 0 Å². The lowest BCUT2D eigenvalue weighted by atomic mass is 9.99. The first-order valence-electron chi connectivity index (χ1n) is 10.6. The molecule has 0 heterocycles. The van der Waals surface area contributed by atoms with Crippen LogP contribution in [0.4, 0.5) is 0 Å². The quantitative estimate of drug-likeness (QED) is 0.300. The molecule has 0 radical (unpaired) electrons. The second kappa shape index (κ2) is 12.4. The number of hydrogen-bond donors (Lipinski definition) is 3. The second-order valence-corrected chi connectivity index (χ2v) is 6.59. The van der Waals surface area contributed by atoms with Crippen LogP contribution in [0.5, 0.6) is 17.2 Å². The van der Waals surface area contributed by atoms with Crippen LogP contribution in [0.3, 0.4) is 0 Å². The van der Waals surface area contributed by atoms with Crippen molar-refractivity contribution in [3.8, 4) is 17.2 Å². The van der Waals surface area contributed by atoms with E-state index in [0.29, 0.717) is 22.4 Å². The van der Waals surface area contributed by atoms with Crippen molar-refractivity contribution in [3.63, 3.8) is 0 Å². The molecular formula is C27H34O3. The van der Waals surface area contributed by atoms with E-state index >= 15 is 0 Å². The molecule has 0 bridgehead atoms. The number of phenols is 3. The van der Waals surface area contributed by atoms with E-state index in [2.05, 4.69) is 32.0 Å². The van der Waals surface area contributed by atoms with E-state index in [1.807, 2.05) is 33.8 Å². The van der Waals surface area contributed by atoms with Crippen molar-refractivity contribution in [2.45, 2.75) is 47.5 Å². The van der Waals surface area contributed by atoms with Gasteiger partial charge >= 0.3 is 0 Å². The zero-order valence-corrected chi connectivity index (χ0v) is 18.8. The Hall–Kier alpha value is -3.20. The second-order valence-electron chi connectivity index (χ2n) is 6.59. The van der Waals surface area contributed by atoms with Crippen molar-refractivity contribution in [2.24, 2.45) is 0 Å². The zero-order valence-electron chi connectivity index (χ0n) is 18.8. The standard InChI is InChI=1S/C13H14O.C10H8O2.2C2H6/c1-9(2)10-3-4-12-8-13(14)6-5-11(12)7-10;11-9-5-1-3-7-8(9)4-2-6-10(7)12;2*1-2/h3-9,14H,1-2H3;1-6,11-12H;2*1-2H3. The molecule has 0 saturated heterocycles. The zero-order chi connectivity index (χ0) is 22.7. The fourth-order valence-corrected chi connectivity index (χ4v) is 2.89. The first-order chi connectivity index (χ1) is 14.5. The molecule has 0 atom stereocenters. The lowest BCUT2D eigenvalue weighted by molar-refractivity contribution is 0.475. The highest BCUT2D eigenvalue weighted by Crippen LogP contribution is 2.30. The lowest BCUT2D eigenvalue weighted by Crippen LogP contribution is -1.86. The summed E-state index contributed by atoms with van der Waals surface area (Å²) < 4.78 is 0. The number of benzene rings is 4. The Morgan fingerprint density at radius 2 is 1.03 bits per heavy atom. The summed E-state index contributed by atoms with van der Waals surface area (Å²) in [6.07, 6.45) is 0. The number of aromatic hydroxyl groups is 3. The predicted molar refractivity (Wildman–Crippen MR) is 130 cm³/mol. The van der Waals surface area contributed by atoms with Crippen molar-refractivity contribution < 1.29 is 15.3 Å². The first-order valence-corrected chi connectivity index (χ1v) is 10.6. The molecule has 4 rings (SSSR count). The van der Waals surface area contributed by atoms with Gasteiger partial charge in [-0.25, -0.2) is 0 Å². The number of fused-ring (bicyclic) bond motifs is 2. The van der Waals surface area contributed by atoms with Gasteiger partial charge < -0.3 is 15.3 Å². The fourth-order valence-electron chi connectivity index (χ4n) is 2.89. The monoisotopic (exact) mass is 406 g/mol. The first kappa shape index (κ1) is 24.8. The minimum atomic E-state index is 0.198. The van der Waals surface area contributed by atoms with E-state index in [4.69, 9.17) is 0 Å². The normalized spacial score (nSPS) is 9.70. The summed E-state index contributed by atoms with van der Waals surface area (Å²) in [7, 11) is 0. The fraction of sp³-hybridized carbons (Fsp3) is 0.259. The molecule has 3 heteroatoms. The van der Waals surface area contributed by atoms with Crippen molar-refractivity contribution in [1.82, 2.24) is 0 Å². The molecule has 0 aliphatic rings. The van der Waals surface area contributed by atoms with Crippen LogP contribution in [0.1, 0.15) is 53.0 Å². The van der Waals surface area contributed by atoms with Gasteiger partial charge in [-0.1, -0.05) is 90.1 Å². The van der Waals surface area contributed by atoms with Crippen LogP contribution in [-0.4, -0.2) is 15.3 Å². The molecule has 0 aliphatic heterocycles. The van der Waals surface area contributed by atoms with Crippen molar-refractivity contribution in [2.75, 3.05) is 0 Å². The summed E-state index contributed by atoms with van der Waals surface area (Å²) in [6, 6.07) is 22.0. The van der Waals surface area contributed by atoms with Gasteiger partial charge in [-0.05, 0) is 46.5 Å². The Balaban J connectivity index is 0.000000260. The topological polar surface area (TPSA) is 60.7 Å². The third-order valence-electron chi connectivity index (χ3n) is 4.39. The highest BCUT2D eigenvalue weighted by molar-refractivity contribution is 5.92. The van der Waals surface area contributed by atoms with E-state index in [9.17, 15) is 15.3 Å². The molecule has 0 aromatic heterocycles. The van der Waals surface area contributed by atoms with Crippen LogP contribution in [-0.2, 0) is 0 Å². The Labute approximate surface area is 180 Å². The van der Waals surface area contributed by atoms with Crippen LogP contribution < -0.4 is 0 Å². The van der Waals surface area contributed by atoms with Gasteiger partial charge in [0.1, 0.15) is 17.2 Å². The molecule has 30 heavy (non-hydrogen) atoms. The third-order valence-corrected chi connectivity index (χ3v) is 4.39. The van der Waals surface area contributed by atoms with Crippen LogP contribution in [0.15, 0.2) is 72.8 Å². The maximum Gasteiger partial charge on any atom is 0.123 e. The average Bonchev–Trinajstić information content (AvgIpc) is 2.77. The van der Waals surface area contributed by atoms with Crippen LogP contribution in [0.25, 0.3) is 21.5 Å². The molecule has 0 unspecified atom stereocenters. The van der Waals surface area contributed by atoms with Crippen LogP contribution in [0.2, 0.25) is 0 Å². The summed E-state index contributed by atoms with van der Waals surface area (Å²) in [5.41, 5.74) is 1.34. The SMILES string of the molecule is CC.CC.CC(C)c1ccc2cc(O)ccc2c1.Oc1cccc2c(O)cccc12. The lowest BCUT2D eigenvalue weighted by Gasteiger charge is -2.06. The van der Waals surface area contributed by atoms with E-state index in [1.54, 1.807) is 48.5 Å². The molecule has 0 amide bonds. The van der Waals surface area contributed by atoms with Gasteiger partial charge in [0.25, 0.3) is 0 Å². The minimum Gasteiger partial charge on any atom is -0.508 e. The summed E-state index contributed by atoms with van der Waals surface area (Å²) in [5.74, 6) is 1.27. The Kier molecular flexibility index (Phi) is 10.3. The van der Waals surface area contributed by atoms with Crippen molar-refractivity contribution in [3.05, 3.63) is 78.4 Å². The minimum absolute atomic E-state index is 0.198. The number of rotatable bonds is 1. The Bertz CT molecular complexity index is 1010. The van der Waals surface area contributed by atoms with E-state index < -0.39 is 0 Å². The smallest absolute Gasteiger partial charge is 0.123 e. The molecular weight excluding hydrogens is 372 g/mol. The van der Waals surface area contributed by atoms with E-state index in [1.165, 1.54) is 10.9 Å². The highest BCUT2D eigenvalue weighted by Gasteiger charge is 2.01. The average molecular weight is 407 g/mol. The molecule has 0 spiro atoms. The van der Waals surface area contributed by atoms with Crippen LogP contribution >= 0.6 is 0 Å². The number of phenolic OH excluding ortho intramolecular Hbond substituents is 3. The molecule has 3 nitrogen and oxygen atoms in total. The highest BCUT2D eigenvalue weighted by atomic mass is 16.3. The molecule has 160 valence electrons. The van der Waals surface area contributed by atoms with Gasteiger partial charge in [0.15, 0.2) is 0 Å². The number of hydrogen-bond acceptors (Lipinski definition) is 3. The van der Waals surface area contributed by atoms with Crippen molar-refractivity contribution in [1.29, 1.82) is 0 Å². The van der Waals surface area contributed by atoms with Gasteiger partial charge in [-0.2, -0.15) is 0 Å². The van der Waals surface area contributed by atoms with Gasteiger partial charge in [0.05, 0.1) is 0 Å². The molecule has 0 saturated carbocycles. The van der Waals surface area contributed by atoms with Gasteiger partial charge in [-0.3, -0.25) is 0 Å². The summed E-state index contributed by atoms with van der Waals surface area (Å²) in [5, 5.41) is 31.7. The molecule has 0 fully saturated rings. The molecule has 0 aliphatic carbocycles. The summed E-state index contributed by atoms with van der Waals surface area (Å²) in [6.45, 7) is 12.4. The Morgan fingerprint density at radius 1 is 0.567 bits per heavy atom.